The maximum atomic E-state index is 11.8. The minimum Gasteiger partial charge on any atom is -0.462 e. The lowest BCUT2D eigenvalue weighted by Crippen LogP contribution is -2.07. The first-order chi connectivity index (χ1) is 9.10. The summed E-state index contributed by atoms with van der Waals surface area (Å²) in [6, 6.07) is 3.74. The number of halogens is 1. The Morgan fingerprint density at radius 3 is 2.63 bits per heavy atom. The van der Waals surface area contributed by atoms with Gasteiger partial charge in [0.1, 0.15) is 0 Å². The van der Waals surface area contributed by atoms with Crippen LogP contribution in [0.5, 0.6) is 0 Å². The van der Waals surface area contributed by atoms with Crippen molar-refractivity contribution in [1.82, 2.24) is 0 Å². The molecule has 0 aliphatic rings. The molecule has 0 aliphatic heterocycles. The Labute approximate surface area is 123 Å². The van der Waals surface area contributed by atoms with Gasteiger partial charge in [0.25, 0.3) is 0 Å². The summed E-state index contributed by atoms with van der Waals surface area (Å²) in [5.74, 6) is -0.269. The van der Waals surface area contributed by atoms with Crippen molar-refractivity contribution in [2.24, 2.45) is 0 Å². The first-order valence-electron chi connectivity index (χ1n) is 6.64. The van der Waals surface area contributed by atoms with Gasteiger partial charge in [-0.05, 0) is 56.9 Å². The van der Waals surface area contributed by atoms with Crippen LogP contribution in [0.25, 0.3) is 0 Å². The highest BCUT2D eigenvalue weighted by Crippen LogP contribution is 2.24. The number of esters is 1. The molecular formula is C15H21BrO3. The third-order valence-corrected chi connectivity index (χ3v) is 3.73. The van der Waals surface area contributed by atoms with Crippen molar-refractivity contribution in [2.45, 2.75) is 33.6 Å². The predicted octanol–water partition coefficient (Wildman–Crippen LogP) is 3.90. The molecule has 1 aromatic carbocycles. The fourth-order valence-electron chi connectivity index (χ4n) is 1.84. The zero-order chi connectivity index (χ0) is 14.3. The normalized spacial score (nSPS) is 10.5. The maximum Gasteiger partial charge on any atom is 0.338 e. The monoisotopic (exact) mass is 328 g/mol. The van der Waals surface area contributed by atoms with Crippen molar-refractivity contribution in [3.05, 3.63) is 33.3 Å². The minimum absolute atomic E-state index is 0.269. The third-order valence-electron chi connectivity index (χ3n) is 2.90. The van der Waals surface area contributed by atoms with Crippen LogP contribution in [0, 0.1) is 6.92 Å². The Bertz CT molecular complexity index is 430. The molecule has 0 aliphatic carbocycles. The molecule has 0 aromatic heterocycles. The van der Waals surface area contributed by atoms with E-state index in [1.807, 2.05) is 26.0 Å². The Kier molecular flexibility index (Phi) is 7.10. The van der Waals surface area contributed by atoms with Gasteiger partial charge in [-0.25, -0.2) is 4.79 Å². The number of carbonyl (C=O) groups is 1. The van der Waals surface area contributed by atoms with Crippen LogP contribution < -0.4 is 0 Å². The van der Waals surface area contributed by atoms with E-state index in [0.29, 0.717) is 12.2 Å². The summed E-state index contributed by atoms with van der Waals surface area (Å²) in [6.07, 6.45) is 1.85. The van der Waals surface area contributed by atoms with E-state index in [2.05, 4.69) is 22.9 Å². The Balaban J connectivity index is 2.81. The predicted molar refractivity (Wildman–Crippen MR) is 79.6 cm³/mol. The topological polar surface area (TPSA) is 35.5 Å². The van der Waals surface area contributed by atoms with Gasteiger partial charge in [0.05, 0.1) is 12.2 Å². The quantitative estimate of drug-likeness (QED) is 0.562. The molecule has 0 heterocycles. The average molecular weight is 329 g/mol. The molecule has 0 radical (unpaired) electrons. The molecule has 0 unspecified atom stereocenters. The molecule has 4 heteroatoms. The molecule has 1 rings (SSSR count). The van der Waals surface area contributed by atoms with Crippen LogP contribution >= 0.6 is 15.9 Å². The zero-order valence-corrected chi connectivity index (χ0v) is 13.4. The number of benzene rings is 1. The number of hydrogen-bond acceptors (Lipinski definition) is 3. The second-order valence-electron chi connectivity index (χ2n) is 4.26. The summed E-state index contributed by atoms with van der Waals surface area (Å²) >= 11 is 3.50. The van der Waals surface area contributed by atoms with Gasteiger partial charge < -0.3 is 9.47 Å². The van der Waals surface area contributed by atoms with E-state index < -0.39 is 0 Å². The first kappa shape index (κ1) is 16.2. The molecule has 106 valence electrons. The van der Waals surface area contributed by atoms with Crippen LogP contribution in [0.3, 0.4) is 0 Å². The van der Waals surface area contributed by atoms with E-state index >= 15 is 0 Å². The van der Waals surface area contributed by atoms with E-state index in [4.69, 9.17) is 9.47 Å². The summed E-state index contributed by atoms with van der Waals surface area (Å²) in [4.78, 5) is 11.8. The van der Waals surface area contributed by atoms with E-state index in [1.54, 1.807) is 0 Å². The van der Waals surface area contributed by atoms with Gasteiger partial charge in [0, 0.05) is 17.7 Å². The molecule has 0 bridgehead atoms. The number of carbonyl (C=O) groups excluding carboxylic acids is 1. The fraction of sp³-hybridized carbons (Fsp3) is 0.533. The number of rotatable bonds is 7. The van der Waals surface area contributed by atoms with Gasteiger partial charge in [-0.15, -0.1) is 0 Å². The summed E-state index contributed by atoms with van der Waals surface area (Å²) in [5, 5.41) is 0. The number of ether oxygens (including phenoxy) is 2. The van der Waals surface area contributed by atoms with Gasteiger partial charge in [-0.3, -0.25) is 0 Å². The summed E-state index contributed by atoms with van der Waals surface area (Å²) in [6.45, 7) is 7.73. The Morgan fingerprint density at radius 2 is 2.00 bits per heavy atom. The summed E-state index contributed by atoms with van der Waals surface area (Å²) in [5.41, 5.74) is 2.94. The highest BCUT2D eigenvalue weighted by molar-refractivity contribution is 9.10. The number of hydrogen-bond donors (Lipinski definition) is 0. The Hall–Kier alpha value is -0.870. The van der Waals surface area contributed by atoms with Crippen LogP contribution in [-0.2, 0) is 15.9 Å². The van der Waals surface area contributed by atoms with E-state index in [-0.39, 0.29) is 5.97 Å². The molecule has 0 fully saturated rings. The SMILES string of the molecule is CCOCCCc1cc(C(=O)OCC)cc(Br)c1C. The van der Waals surface area contributed by atoms with Crippen LogP contribution in [0.4, 0.5) is 0 Å². The van der Waals surface area contributed by atoms with Gasteiger partial charge in [-0.1, -0.05) is 15.9 Å². The lowest BCUT2D eigenvalue weighted by atomic mass is 10.0. The van der Waals surface area contributed by atoms with Crippen molar-refractivity contribution in [3.8, 4) is 0 Å². The summed E-state index contributed by atoms with van der Waals surface area (Å²) < 4.78 is 11.3. The van der Waals surface area contributed by atoms with Gasteiger partial charge in [0.15, 0.2) is 0 Å². The van der Waals surface area contributed by atoms with E-state index in [9.17, 15) is 4.79 Å². The highest BCUT2D eigenvalue weighted by Gasteiger charge is 2.12. The molecule has 0 amide bonds. The van der Waals surface area contributed by atoms with Crippen molar-refractivity contribution >= 4 is 21.9 Å². The molecule has 0 atom stereocenters. The standard InChI is InChI=1S/C15H21BrO3/c1-4-18-8-6-7-12-9-13(15(17)19-5-2)10-14(16)11(12)3/h9-10H,4-8H2,1-3H3. The molecular weight excluding hydrogens is 308 g/mol. The van der Waals surface area contributed by atoms with E-state index in [1.165, 1.54) is 5.56 Å². The fourth-order valence-corrected chi connectivity index (χ4v) is 2.34. The smallest absolute Gasteiger partial charge is 0.338 e. The number of aryl methyl sites for hydroxylation is 1. The Morgan fingerprint density at radius 1 is 1.26 bits per heavy atom. The molecule has 1 aromatic rings. The molecule has 0 spiro atoms. The second-order valence-corrected chi connectivity index (χ2v) is 5.12. The average Bonchev–Trinajstić information content (AvgIpc) is 2.39. The van der Waals surface area contributed by atoms with Gasteiger partial charge in [-0.2, -0.15) is 0 Å². The third kappa shape index (κ3) is 4.96. The van der Waals surface area contributed by atoms with E-state index in [0.717, 1.165) is 36.1 Å². The molecule has 0 N–H and O–H groups in total. The largest absolute Gasteiger partial charge is 0.462 e. The molecule has 0 saturated carbocycles. The van der Waals surface area contributed by atoms with Gasteiger partial charge in [0.2, 0.25) is 0 Å². The van der Waals surface area contributed by atoms with Crippen molar-refractivity contribution < 1.29 is 14.3 Å². The maximum absolute atomic E-state index is 11.8. The lowest BCUT2D eigenvalue weighted by molar-refractivity contribution is 0.0526. The zero-order valence-electron chi connectivity index (χ0n) is 11.8. The molecule has 3 nitrogen and oxygen atoms in total. The highest BCUT2D eigenvalue weighted by atomic mass is 79.9. The first-order valence-corrected chi connectivity index (χ1v) is 7.43. The van der Waals surface area contributed by atoms with Crippen molar-refractivity contribution in [3.63, 3.8) is 0 Å². The van der Waals surface area contributed by atoms with Gasteiger partial charge >= 0.3 is 5.97 Å². The molecule has 19 heavy (non-hydrogen) atoms. The van der Waals surface area contributed by atoms with Crippen molar-refractivity contribution in [1.29, 1.82) is 0 Å². The molecule has 0 saturated heterocycles. The minimum atomic E-state index is -0.269. The van der Waals surface area contributed by atoms with Crippen LogP contribution in [-0.4, -0.2) is 25.8 Å². The summed E-state index contributed by atoms with van der Waals surface area (Å²) in [7, 11) is 0. The van der Waals surface area contributed by atoms with Crippen LogP contribution in [0.1, 0.15) is 41.8 Å². The lowest BCUT2D eigenvalue weighted by Gasteiger charge is -2.11. The van der Waals surface area contributed by atoms with Crippen molar-refractivity contribution in [2.75, 3.05) is 19.8 Å². The van der Waals surface area contributed by atoms with Crippen LogP contribution in [0.2, 0.25) is 0 Å². The second kappa shape index (κ2) is 8.33. The van der Waals surface area contributed by atoms with Crippen LogP contribution in [0.15, 0.2) is 16.6 Å².